The maximum absolute atomic E-state index is 11.0. The summed E-state index contributed by atoms with van der Waals surface area (Å²) in [5.41, 5.74) is 2.46. The van der Waals surface area contributed by atoms with Crippen molar-refractivity contribution in [1.82, 2.24) is 0 Å². The molecule has 0 spiro atoms. The van der Waals surface area contributed by atoms with Crippen LogP contribution in [0.3, 0.4) is 0 Å². The normalized spacial score (nSPS) is 14.2. The molecule has 0 aliphatic rings. The molecule has 0 bridgehead atoms. The highest BCUT2D eigenvalue weighted by molar-refractivity contribution is 7.85. The molecule has 4 nitrogen and oxygen atoms in total. The Labute approximate surface area is 135 Å². The van der Waals surface area contributed by atoms with Gasteiger partial charge in [-0.1, -0.05) is 58.9 Å². The summed E-state index contributed by atoms with van der Waals surface area (Å²) in [7, 11) is -0.726. The predicted molar refractivity (Wildman–Crippen MR) is 89.3 cm³/mol. The summed E-state index contributed by atoms with van der Waals surface area (Å²) in [6.07, 6.45) is 0. The molecule has 0 amide bonds. The summed E-state index contributed by atoms with van der Waals surface area (Å²) >= 11 is 0. The van der Waals surface area contributed by atoms with Gasteiger partial charge < -0.3 is 9.04 Å². The Balaban J connectivity index is 2.95. The lowest BCUT2D eigenvalue weighted by atomic mass is 9.65. The second kappa shape index (κ2) is 5.95. The molecular formula is C17H29NO3S. The third-order valence-electron chi connectivity index (χ3n) is 4.67. The zero-order chi connectivity index (χ0) is 17.4. The quantitative estimate of drug-likeness (QED) is 0.617. The fourth-order valence-corrected chi connectivity index (χ4v) is 3.38. The van der Waals surface area contributed by atoms with E-state index in [1.807, 2.05) is 12.1 Å². The van der Waals surface area contributed by atoms with Gasteiger partial charge in [-0.05, 0) is 16.4 Å². The van der Waals surface area contributed by atoms with Gasteiger partial charge in [-0.2, -0.15) is 0 Å². The first-order valence-electron chi connectivity index (χ1n) is 7.49. The molecule has 5 heteroatoms. The minimum absolute atomic E-state index is 0.0360. The first kappa shape index (κ1) is 19.1. The Morgan fingerprint density at radius 1 is 1.00 bits per heavy atom. The van der Waals surface area contributed by atoms with Crippen LogP contribution in [0.15, 0.2) is 24.3 Å². The minimum atomic E-state index is -4.23. The Kier molecular flexibility index (Phi) is 5.17. The van der Waals surface area contributed by atoms with E-state index in [-0.39, 0.29) is 15.3 Å². The molecule has 0 radical (unpaired) electrons. The molecule has 0 aromatic heterocycles. The van der Waals surface area contributed by atoms with Gasteiger partial charge in [-0.15, -0.1) is 0 Å². The van der Waals surface area contributed by atoms with Crippen molar-refractivity contribution in [3.63, 3.8) is 0 Å². The number of rotatable bonds is 5. The summed E-state index contributed by atoms with van der Waals surface area (Å²) in [5.74, 6) is -0.401. The lowest BCUT2D eigenvalue weighted by Gasteiger charge is -2.39. The van der Waals surface area contributed by atoms with Gasteiger partial charge in [0.2, 0.25) is 0 Å². The summed E-state index contributed by atoms with van der Waals surface area (Å²) in [4.78, 5) is 0. The summed E-state index contributed by atoms with van der Waals surface area (Å²) in [6.45, 7) is 11.6. The van der Waals surface area contributed by atoms with Crippen LogP contribution >= 0.6 is 0 Å². The van der Waals surface area contributed by atoms with Crippen LogP contribution < -0.4 is 0 Å². The van der Waals surface area contributed by atoms with Crippen molar-refractivity contribution in [3.8, 4) is 0 Å². The van der Waals surface area contributed by atoms with Crippen LogP contribution in [-0.2, 0) is 22.1 Å². The maximum atomic E-state index is 11.0. The zero-order valence-corrected chi connectivity index (χ0v) is 15.6. The van der Waals surface area contributed by atoms with E-state index in [0.29, 0.717) is 6.54 Å². The van der Waals surface area contributed by atoms with Crippen LogP contribution in [0.25, 0.3) is 0 Å². The van der Waals surface area contributed by atoms with Crippen LogP contribution in [0, 0.1) is 5.41 Å². The number of benzene rings is 1. The molecule has 0 saturated carbocycles. The average Bonchev–Trinajstić information content (AvgIpc) is 2.23. The van der Waals surface area contributed by atoms with Crippen LogP contribution in [0.1, 0.15) is 45.7 Å². The van der Waals surface area contributed by atoms with E-state index in [9.17, 15) is 13.0 Å². The van der Waals surface area contributed by atoms with E-state index in [2.05, 4.69) is 46.8 Å². The van der Waals surface area contributed by atoms with Crippen LogP contribution in [-0.4, -0.2) is 37.4 Å². The van der Waals surface area contributed by atoms with Gasteiger partial charge in [0.15, 0.2) is 5.88 Å². The van der Waals surface area contributed by atoms with E-state index >= 15 is 0 Å². The molecule has 0 heterocycles. The standard InChI is InChI=1S/C17H29NO3S/c1-16(2,3)17(4,5)15-10-8-14(9-11-15)12-18(6,7)13-22(19,20)21/h8-11H,12-13H2,1-7H3. The molecule has 0 N–H and O–H groups in total. The van der Waals surface area contributed by atoms with E-state index in [0.717, 1.165) is 5.56 Å². The Bertz CT molecular complexity index is 608. The van der Waals surface area contributed by atoms with Crippen LogP contribution in [0.5, 0.6) is 0 Å². The highest BCUT2D eigenvalue weighted by atomic mass is 32.2. The fraction of sp³-hybridized carbons (Fsp3) is 0.647. The Hall–Kier alpha value is -0.910. The van der Waals surface area contributed by atoms with Gasteiger partial charge in [0, 0.05) is 5.56 Å². The molecule has 0 aliphatic heterocycles. The summed E-state index contributed by atoms with van der Waals surface area (Å²) < 4.78 is 33.0. The van der Waals surface area contributed by atoms with E-state index in [1.54, 1.807) is 14.1 Å². The highest BCUT2D eigenvalue weighted by Gasteiger charge is 2.34. The van der Waals surface area contributed by atoms with E-state index in [1.165, 1.54) is 5.56 Å². The lowest BCUT2D eigenvalue weighted by Crippen LogP contribution is -2.42. The molecule has 1 rings (SSSR count). The lowest BCUT2D eigenvalue weighted by molar-refractivity contribution is -0.892. The molecule has 0 fully saturated rings. The average molecular weight is 327 g/mol. The first-order chi connectivity index (χ1) is 9.64. The topological polar surface area (TPSA) is 57.2 Å². The van der Waals surface area contributed by atoms with E-state index in [4.69, 9.17) is 0 Å². The van der Waals surface area contributed by atoms with Crippen molar-refractivity contribution in [2.75, 3.05) is 20.0 Å². The summed E-state index contributed by atoms with van der Waals surface area (Å²) in [5, 5.41) is 0. The molecular weight excluding hydrogens is 298 g/mol. The second-order valence-corrected chi connectivity index (χ2v) is 9.73. The smallest absolute Gasteiger partial charge is 0.169 e. The highest BCUT2D eigenvalue weighted by Crippen LogP contribution is 2.40. The van der Waals surface area contributed by atoms with Crippen molar-refractivity contribution < 1.29 is 17.5 Å². The molecule has 1 aromatic carbocycles. The third kappa shape index (κ3) is 5.07. The Morgan fingerprint density at radius 2 is 1.45 bits per heavy atom. The van der Waals surface area contributed by atoms with E-state index < -0.39 is 16.0 Å². The van der Waals surface area contributed by atoms with Crippen LogP contribution in [0.4, 0.5) is 0 Å². The van der Waals surface area contributed by atoms with Gasteiger partial charge in [0.25, 0.3) is 0 Å². The molecule has 0 saturated heterocycles. The molecule has 1 aromatic rings. The monoisotopic (exact) mass is 327 g/mol. The number of nitrogens with zero attached hydrogens (tertiary/aromatic N) is 1. The number of hydrogen-bond acceptors (Lipinski definition) is 3. The molecule has 126 valence electrons. The van der Waals surface area contributed by atoms with Gasteiger partial charge >= 0.3 is 0 Å². The van der Waals surface area contributed by atoms with Crippen molar-refractivity contribution >= 4 is 10.1 Å². The zero-order valence-electron chi connectivity index (χ0n) is 14.8. The number of hydrogen-bond donors (Lipinski definition) is 0. The third-order valence-corrected chi connectivity index (χ3v) is 5.68. The SMILES string of the molecule is CC(C)(C)C(C)(C)c1ccc(C[N+](C)(C)CS(=O)(=O)[O-])cc1. The van der Waals surface area contributed by atoms with Gasteiger partial charge in [0.1, 0.15) is 16.7 Å². The first-order valence-corrected chi connectivity index (χ1v) is 9.07. The maximum Gasteiger partial charge on any atom is 0.169 e. The van der Waals surface area contributed by atoms with Crippen molar-refractivity contribution in [3.05, 3.63) is 35.4 Å². The molecule has 0 unspecified atom stereocenters. The minimum Gasteiger partial charge on any atom is -0.744 e. The number of quaternary nitrogens is 1. The summed E-state index contributed by atoms with van der Waals surface area (Å²) in [6, 6.07) is 8.26. The Morgan fingerprint density at radius 3 is 1.82 bits per heavy atom. The van der Waals surface area contributed by atoms with Crippen molar-refractivity contribution in [1.29, 1.82) is 0 Å². The van der Waals surface area contributed by atoms with Gasteiger partial charge in [0.05, 0.1) is 14.1 Å². The molecule has 22 heavy (non-hydrogen) atoms. The van der Waals surface area contributed by atoms with Gasteiger partial charge in [-0.3, -0.25) is 0 Å². The van der Waals surface area contributed by atoms with Gasteiger partial charge in [-0.25, -0.2) is 8.42 Å². The predicted octanol–water partition coefficient (Wildman–Crippen LogP) is 3.09. The van der Waals surface area contributed by atoms with Crippen molar-refractivity contribution in [2.24, 2.45) is 5.41 Å². The molecule has 0 aliphatic carbocycles. The molecule has 0 atom stereocenters. The second-order valence-electron chi connectivity index (χ2n) is 8.35. The largest absolute Gasteiger partial charge is 0.744 e. The van der Waals surface area contributed by atoms with Crippen LogP contribution in [0.2, 0.25) is 0 Å². The fourth-order valence-electron chi connectivity index (χ4n) is 2.43. The van der Waals surface area contributed by atoms with Crippen molar-refractivity contribution in [2.45, 2.75) is 46.6 Å².